The first-order valence-electron chi connectivity index (χ1n) is 13.1. The molecule has 0 aliphatic carbocycles. The van der Waals surface area contributed by atoms with Gasteiger partial charge < -0.3 is 20.3 Å². The fourth-order valence-electron chi connectivity index (χ4n) is 5.01. The van der Waals surface area contributed by atoms with E-state index in [-0.39, 0.29) is 24.4 Å². The maximum Gasteiger partial charge on any atom is 0.346 e. The van der Waals surface area contributed by atoms with E-state index in [1.165, 1.54) is 45.6 Å². The van der Waals surface area contributed by atoms with Gasteiger partial charge in [-0.2, -0.15) is 0 Å². The number of carboxylic acid groups (broad SMARTS) is 1. The van der Waals surface area contributed by atoms with Crippen LogP contribution in [0.5, 0.6) is 0 Å². The lowest BCUT2D eigenvalue weighted by Gasteiger charge is -2.41. The molecule has 1 heterocycles. The minimum atomic E-state index is -2.10. The molecule has 1 unspecified atom stereocenters. The first kappa shape index (κ1) is 29.4. The van der Waals surface area contributed by atoms with E-state index in [0.717, 1.165) is 51.4 Å². The third-order valence-corrected chi connectivity index (χ3v) is 7.14. The zero-order valence-electron chi connectivity index (χ0n) is 21.1. The van der Waals surface area contributed by atoms with Gasteiger partial charge in [-0.05, 0) is 19.3 Å². The van der Waals surface area contributed by atoms with Gasteiger partial charge in [-0.3, -0.25) is 9.59 Å². The second-order valence-electron chi connectivity index (χ2n) is 9.59. The van der Waals surface area contributed by atoms with Crippen LogP contribution in [0.4, 0.5) is 0 Å². The smallest absolute Gasteiger partial charge is 0.346 e. The van der Waals surface area contributed by atoms with E-state index in [2.05, 4.69) is 13.8 Å². The zero-order valence-corrected chi connectivity index (χ0v) is 21.1. The minimum Gasteiger partial charge on any atom is -0.479 e. The summed E-state index contributed by atoms with van der Waals surface area (Å²) in [5, 5.41) is 9.90. The first-order valence-corrected chi connectivity index (χ1v) is 13.1. The van der Waals surface area contributed by atoms with E-state index < -0.39 is 23.4 Å². The minimum absolute atomic E-state index is 0.226. The molecule has 1 aliphatic heterocycles. The standard InChI is InChI=1S/C26H47NO6/c1-4-6-8-10-11-12-13-14-15-17-20(26(32-3,24(27)29)25(30)31)19-22-21(23(28)33-22)18-16-9-7-5-2/h20-22H,4-19H2,1-3H3,(H2,27,29)(H,30,31)/t20?,21-,22-,26-/m0/s1. The summed E-state index contributed by atoms with van der Waals surface area (Å²) in [4.78, 5) is 36.5. The lowest BCUT2D eigenvalue weighted by molar-refractivity contribution is -0.194. The molecule has 0 radical (unpaired) electrons. The molecule has 1 aliphatic rings. The van der Waals surface area contributed by atoms with Crippen LogP contribution in [0, 0.1) is 11.8 Å². The largest absolute Gasteiger partial charge is 0.479 e. The molecule has 0 aromatic carbocycles. The predicted octanol–water partition coefficient (Wildman–Crippen LogP) is 5.38. The van der Waals surface area contributed by atoms with Crippen LogP contribution in [0.1, 0.15) is 117 Å². The molecule has 1 amide bonds. The van der Waals surface area contributed by atoms with Crippen LogP contribution in [-0.4, -0.2) is 41.8 Å². The van der Waals surface area contributed by atoms with Crippen molar-refractivity contribution in [3.05, 3.63) is 0 Å². The highest BCUT2D eigenvalue weighted by molar-refractivity contribution is 6.05. The van der Waals surface area contributed by atoms with Crippen LogP contribution in [0.3, 0.4) is 0 Å². The average molecular weight is 470 g/mol. The summed E-state index contributed by atoms with van der Waals surface area (Å²) >= 11 is 0. The Morgan fingerprint density at radius 2 is 1.48 bits per heavy atom. The number of ether oxygens (including phenoxy) is 2. The Kier molecular flexibility index (Phi) is 14.3. The van der Waals surface area contributed by atoms with E-state index in [1.807, 2.05) is 0 Å². The summed E-state index contributed by atoms with van der Waals surface area (Å²) in [6, 6.07) is 0. The van der Waals surface area contributed by atoms with Crippen LogP contribution >= 0.6 is 0 Å². The molecule has 0 saturated carbocycles. The van der Waals surface area contributed by atoms with Crippen molar-refractivity contribution < 1.29 is 29.0 Å². The molecule has 7 heteroatoms. The fraction of sp³-hybridized carbons (Fsp3) is 0.885. The van der Waals surface area contributed by atoms with Crippen LogP contribution in [0.25, 0.3) is 0 Å². The molecule has 33 heavy (non-hydrogen) atoms. The number of methoxy groups -OCH3 is 1. The third kappa shape index (κ3) is 8.91. The molecular weight excluding hydrogens is 422 g/mol. The van der Waals surface area contributed by atoms with Gasteiger partial charge in [0.05, 0.1) is 5.92 Å². The molecule has 7 nitrogen and oxygen atoms in total. The van der Waals surface area contributed by atoms with E-state index in [1.54, 1.807) is 0 Å². The van der Waals surface area contributed by atoms with Crippen molar-refractivity contribution >= 4 is 17.8 Å². The van der Waals surface area contributed by atoms with Crippen LogP contribution in [0.15, 0.2) is 0 Å². The topological polar surface area (TPSA) is 116 Å². The Morgan fingerprint density at radius 1 is 0.970 bits per heavy atom. The second-order valence-corrected chi connectivity index (χ2v) is 9.59. The number of cyclic esters (lactones) is 1. The molecule has 4 atom stereocenters. The quantitative estimate of drug-likeness (QED) is 0.132. The Hall–Kier alpha value is -1.63. The highest BCUT2D eigenvalue weighted by Gasteiger charge is 2.55. The van der Waals surface area contributed by atoms with Crippen molar-refractivity contribution in [2.75, 3.05) is 7.11 Å². The number of rotatable bonds is 21. The van der Waals surface area contributed by atoms with Crippen molar-refractivity contribution in [3.63, 3.8) is 0 Å². The van der Waals surface area contributed by atoms with Gasteiger partial charge in [0.1, 0.15) is 6.10 Å². The van der Waals surface area contributed by atoms with E-state index >= 15 is 0 Å². The SMILES string of the molecule is CCCCCCCCCCCC(C[C@@H]1OC(=O)[C@H]1CCCCCC)[C@](OC)(C(N)=O)C(=O)O. The Labute approximate surface area is 200 Å². The van der Waals surface area contributed by atoms with Gasteiger partial charge in [-0.15, -0.1) is 0 Å². The highest BCUT2D eigenvalue weighted by atomic mass is 16.6. The van der Waals surface area contributed by atoms with Crippen molar-refractivity contribution in [1.29, 1.82) is 0 Å². The number of nitrogens with two attached hydrogens (primary N) is 1. The highest BCUT2D eigenvalue weighted by Crippen LogP contribution is 2.38. The molecule has 0 spiro atoms. The number of carbonyl (C=O) groups is 3. The summed E-state index contributed by atoms with van der Waals surface area (Å²) in [6.45, 7) is 4.34. The molecule has 3 N–H and O–H groups in total. The van der Waals surface area contributed by atoms with Crippen molar-refractivity contribution in [1.82, 2.24) is 0 Å². The molecule has 0 bridgehead atoms. The molecule has 1 fully saturated rings. The number of unbranched alkanes of at least 4 members (excludes halogenated alkanes) is 11. The normalized spacial score (nSPS) is 20.5. The molecule has 0 aromatic heterocycles. The first-order chi connectivity index (χ1) is 15.8. The van der Waals surface area contributed by atoms with Gasteiger partial charge in [0.2, 0.25) is 5.60 Å². The van der Waals surface area contributed by atoms with Gasteiger partial charge >= 0.3 is 11.9 Å². The van der Waals surface area contributed by atoms with E-state index in [9.17, 15) is 19.5 Å². The Morgan fingerprint density at radius 3 is 1.94 bits per heavy atom. The lowest BCUT2D eigenvalue weighted by Crippen LogP contribution is -2.59. The van der Waals surface area contributed by atoms with Crippen molar-refractivity contribution in [2.24, 2.45) is 17.6 Å². The van der Waals surface area contributed by atoms with Gasteiger partial charge in [0.25, 0.3) is 5.91 Å². The summed E-state index contributed by atoms with van der Waals surface area (Å²) in [5.41, 5.74) is 3.45. The number of primary amides is 1. The second kappa shape index (κ2) is 16.1. The molecular formula is C26H47NO6. The predicted molar refractivity (Wildman–Crippen MR) is 129 cm³/mol. The van der Waals surface area contributed by atoms with Gasteiger partial charge in [-0.1, -0.05) is 97.3 Å². The van der Waals surface area contributed by atoms with Crippen LogP contribution < -0.4 is 5.73 Å². The number of hydrogen-bond donors (Lipinski definition) is 2. The maximum atomic E-state index is 12.3. The number of carbonyl (C=O) groups excluding carboxylic acids is 2. The van der Waals surface area contributed by atoms with Gasteiger partial charge in [-0.25, -0.2) is 4.79 Å². The van der Waals surface area contributed by atoms with Gasteiger partial charge in [0, 0.05) is 13.0 Å². The molecule has 1 rings (SSSR count). The van der Waals surface area contributed by atoms with Crippen LogP contribution in [0.2, 0.25) is 0 Å². The van der Waals surface area contributed by atoms with E-state index in [0.29, 0.717) is 6.42 Å². The molecule has 192 valence electrons. The van der Waals surface area contributed by atoms with E-state index in [4.69, 9.17) is 15.2 Å². The molecule has 0 aromatic rings. The van der Waals surface area contributed by atoms with Crippen molar-refractivity contribution in [2.45, 2.75) is 128 Å². The summed E-state index contributed by atoms with van der Waals surface area (Å²) in [6.07, 6.45) is 15.7. The number of aliphatic carboxylic acids is 1. The number of esters is 1. The molecule has 1 saturated heterocycles. The van der Waals surface area contributed by atoms with Crippen LogP contribution in [-0.2, 0) is 23.9 Å². The monoisotopic (exact) mass is 469 g/mol. The Bertz CT molecular complexity index is 579. The number of hydrogen-bond acceptors (Lipinski definition) is 5. The Balaban J connectivity index is 2.70. The lowest BCUT2D eigenvalue weighted by atomic mass is 9.75. The number of amides is 1. The third-order valence-electron chi connectivity index (χ3n) is 7.14. The maximum absolute atomic E-state index is 12.3. The zero-order chi connectivity index (χ0) is 24.7. The summed E-state index contributed by atoms with van der Waals surface area (Å²) in [7, 11) is 1.22. The van der Waals surface area contributed by atoms with Gasteiger partial charge in [0.15, 0.2) is 0 Å². The summed E-state index contributed by atoms with van der Waals surface area (Å²) < 4.78 is 10.7. The van der Waals surface area contributed by atoms with Crippen molar-refractivity contribution in [3.8, 4) is 0 Å². The fourth-order valence-corrected chi connectivity index (χ4v) is 5.01. The average Bonchev–Trinajstić information content (AvgIpc) is 2.77. The number of carboxylic acids is 1. The summed E-state index contributed by atoms with van der Waals surface area (Å²) in [5.74, 6) is -3.47.